The number of carbonyl (C=O) groups excluding carboxylic acids is 2. The number of unbranched alkanes of at least 4 members (excludes halogenated alkanes) is 2. The standard InChI is InChI=1S/C24H37NO3/c1-3-4-5-6-23(26)28-17-18(2)15-19-7-11-21(12-8-19)24(27)22-13-9-20(16-25)10-14-22/h7-8,11-12,18,20,22H,3-6,9-10,13-17,25H2,1-2H3. The van der Waals surface area contributed by atoms with Crippen molar-refractivity contribution in [2.24, 2.45) is 23.5 Å². The summed E-state index contributed by atoms with van der Waals surface area (Å²) in [7, 11) is 0. The van der Waals surface area contributed by atoms with Crippen LogP contribution in [-0.4, -0.2) is 24.9 Å². The first-order chi connectivity index (χ1) is 13.5. The van der Waals surface area contributed by atoms with E-state index in [1.54, 1.807) is 0 Å². The second-order valence-corrected chi connectivity index (χ2v) is 8.46. The molecule has 1 saturated carbocycles. The molecule has 1 aromatic carbocycles. The molecular weight excluding hydrogens is 350 g/mol. The van der Waals surface area contributed by atoms with Gasteiger partial charge in [-0.2, -0.15) is 0 Å². The first-order valence-corrected chi connectivity index (χ1v) is 11.0. The highest BCUT2D eigenvalue weighted by atomic mass is 16.5. The van der Waals surface area contributed by atoms with Crippen molar-refractivity contribution in [2.45, 2.75) is 71.6 Å². The number of rotatable bonds is 11. The van der Waals surface area contributed by atoms with Crippen LogP contribution in [0.4, 0.5) is 0 Å². The monoisotopic (exact) mass is 387 g/mol. The van der Waals surface area contributed by atoms with Gasteiger partial charge >= 0.3 is 5.97 Å². The van der Waals surface area contributed by atoms with E-state index in [1.807, 2.05) is 24.3 Å². The number of Topliss-reactive ketones (excluding diaryl/α,β-unsaturated/α-hetero) is 1. The zero-order valence-electron chi connectivity index (χ0n) is 17.6. The predicted molar refractivity (Wildman–Crippen MR) is 113 cm³/mol. The molecule has 1 aromatic rings. The molecule has 2 rings (SSSR count). The van der Waals surface area contributed by atoms with E-state index in [4.69, 9.17) is 10.5 Å². The minimum atomic E-state index is -0.0920. The molecule has 0 spiro atoms. The topological polar surface area (TPSA) is 69.4 Å². The van der Waals surface area contributed by atoms with Crippen LogP contribution < -0.4 is 5.73 Å². The van der Waals surface area contributed by atoms with E-state index < -0.39 is 0 Å². The van der Waals surface area contributed by atoms with E-state index in [1.165, 1.54) is 5.56 Å². The molecule has 4 heteroatoms. The Balaban J connectivity index is 1.75. The van der Waals surface area contributed by atoms with Gasteiger partial charge in [0.05, 0.1) is 6.61 Å². The number of carbonyl (C=O) groups is 2. The fourth-order valence-corrected chi connectivity index (χ4v) is 3.99. The van der Waals surface area contributed by atoms with Crippen molar-refractivity contribution < 1.29 is 14.3 Å². The van der Waals surface area contributed by atoms with E-state index in [0.29, 0.717) is 18.9 Å². The summed E-state index contributed by atoms with van der Waals surface area (Å²) in [6.07, 6.45) is 8.52. The maximum atomic E-state index is 12.7. The van der Waals surface area contributed by atoms with Gasteiger partial charge in [-0.3, -0.25) is 9.59 Å². The molecular formula is C24H37NO3. The molecule has 1 unspecified atom stereocenters. The van der Waals surface area contributed by atoms with Crippen molar-refractivity contribution in [1.29, 1.82) is 0 Å². The summed E-state index contributed by atoms with van der Waals surface area (Å²) >= 11 is 0. The van der Waals surface area contributed by atoms with E-state index in [-0.39, 0.29) is 23.6 Å². The molecule has 0 aliphatic heterocycles. The molecule has 1 fully saturated rings. The second-order valence-electron chi connectivity index (χ2n) is 8.46. The average molecular weight is 388 g/mol. The van der Waals surface area contributed by atoms with Crippen LogP contribution in [0.25, 0.3) is 0 Å². The van der Waals surface area contributed by atoms with Crippen LogP contribution in [0.5, 0.6) is 0 Å². The highest BCUT2D eigenvalue weighted by Gasteiger charge is 2.26. The maximum absolute atomic E-state index is 12.7. The van der Waals surface area contributed by atoms with Crippen molar-refractivity contribution in [1.82, 2.24) is 0 Å². The van der Waals surface area contributed by atoms with E-state index in [2.05, 4.69) is 13.8 Å². The normalized spacial score (nSPS) is 20.5. The first-order valence-electron chi connectivity index (χ1n) is 11.0. The van der Waals surface area contributed by atoms with Gasteiger partial charge in [-0.05, 0) is 62.5 Å². The Morgan fingerprint density at radius 2 is 1.79 bits per heavy atom. The lowest BCUT2D eigenvalue weighted by atomic mass is 9.78. The predicted octanol–water partition coefficient (Wildman–Crippen LogP) is 4.94. The van der Waals surface area contributed by atoms with Crippen molar-refractivity contribution in [3.8, 4) is 0 Å². The molecule has 0 bridgehead atoms. The summed E-state index contributed by atoms with van der Waals surface area (Å²) in [5.74, 6) is 1.19. The van der Waals surface area contributed by atoms with Crippen LogP contribution in [0, 0.1) is 17.8 Å². The van der Waals surface area contributed by atoms with E-state index in [9.17, 15) is 9.59 Å². The summed E-state index contributed by atoms with van der Waals surface area (Å²) in [5.41, 5.74) is 7.74. The zero-order valence-corrected chi connectivity index (χ0v) is 17.6. The molecule has 0 amide bonds. The van der Waals surface area contributed by atoms with Gasteiger partial charge in [0.1, 0.15) is 0 Å². The summed E-state index contributed by atoms with van der Waals surface area (Å²) < 4.78 is 5.38. The van der Waals surface area contributed by atoms with Crippen molar-refractivity contribution >= 4 is 11.8 Å². The molecule has 1 aliphatic carbocycles. The first kappa shape index (κ1) is 22.6. The largest absolute Gasteiger partial charge is 0.465 e. The van der Waals surface area contributed by atoms with Gasteiger partial charge in [0, 0.05) is 17.9 Å². The van der Waals surface area contributed by atoms with Gasteiger partial charge in [0.2, 0.25) is 0 Å². The Labute approximate surface area is 170 Å². The fourth-order valence-electron chi connectivity index (χ4n) is 3.99. The van der Waals surface area contributed by atoms with E-state index in [0.717, 1.165) is 63.5 Å². The average Bonchev–Trinajstić information content (AvgIpc) is 2.72. The minimum absolute atomic E-state index is 0.0920. The van der Waals surface area contributed by atoms with Gasteiger partial charge in [-0.25, -0.2) is 0 Å². The third-order valence-electron chi connectivity index (χ3n) is 5.89. The highest BCUT2D eigenvalue weighted by Crippen LogP contribution is 2.30. The van der Waals surface area contributed by atoms with Crippen LogP contribution >= 0.6 is 0 Å². The molecule has 0 saturated heterocycles. The number of ether oxygens (including phenoxy) is 1. The number of hydrogen-bond donors (Lipinski definition) is 1. The number of nitrogens with two attached hydrogens (primary N) is 1. The quantitative estimate of drug-likeness (QED) is 0.332. The molecule has 0 aromatic heterocycles. The van der Waals surface area contributed by atoms with Crippen LogP contribution in [0.3, 0.4) is 0 Å². The maximum Gasteiger partial charge on any atom is 0.305 e. The molecule has 156 valence electrons. The van der Waals surface area contributed by atoms with Crippen LogP contribution in [0.15, 0.2) is 24.3 Å². The summed E-state index contributed by atoms with van der Waals surface area (Å²) in [6, 6.07) is 7.99. The third kappa shape index (κ3) is 7.38. The summed E-state index contributed by atoms with van der Waals surface area (Å²) in [5, 5.41) is 0. The molecule has 28 heavy (non-hydrogen) atoms. The lowest BCUT2D eigenvalue weighted by molar-refractivity contribution is -0.145. The zero-order chi connectivity index (χ0) is 20.4. The third-order valence-corrected chi connectivity index (χ3v) is 5.89. The molecule has 0 heterocycles. The Hall–Kier alpha value is -1.68. The van der Waals surface area contributed by atoms with Crippen LogP contribution in [0.2, 0.25) is 0 Å². The van der Waals surface area contributed by atoms with Crippen molar-refractivity contribution in [3.63, 3.8) is 0 Å². The minimum Gasteiger partial charge on any atom is -0.465 e. The van der Waals surface area contributed by atoms with Gasteiger partial charge in [0.15, 0.2) is 5.78 Å². The molecule has 1 atom stereocenters. The summed E-state index contributed by atoms with van der Waals surface area (Å²) in [4.78, 5) is 24.4. The number of hydrogen-bond acceptors (Lipinski definition) is 4. The Bertz CT molecular complexity index is 603. The van der Waals surface area contributed by atoms with Crippen molar-refractivity contribution in [3.05, 3.63) is 35.4 Å². The van der Waals surface area contributed by atoms with Crippen molar-refractivity contribution in [2.75, 3.05) is 13.2 Å². The smallest absolute Gasteiger partial charge is 0.305 e. The van der Waals surface area contributed by atoms with Crippen LogP contribution in [-0.2, 0) is 16.0 Å². The van der Waals surface area contributed by atoms with Crippen LogP contribution in [0.1, 0.15) is 81.1 Å². The van der Waals surface area contributed by atoms with Gasteiger partial charge in [0.25, 0.3) is 0 Å². The lowest BCUT2D eigenvalue weighted by Gasteiger charge is -2.26. The fraction of sp³-hybridized carbons (Fsp3) is 0.667. The number of benzene rings is 1. The number of ketones is 1. The van der Waals surface area contributed by atoms with E-state index >= 15 is 0 Å². The molecule has 2 N–H and O–H groups in total. The Kier molecular flexibility index (Phi) is 9.69. The summed E-state index contributed by atoms with van der Waals surface area (Å²) in [6.45, 7) is 5.41. The van der Waals surface area contributed by atoms with Gasteiger partial charge in [-0.1, -0.05) is 51.0 Å². The lowest BCUT2D eigenvalue weighted by Crippen LogP contribution is -2.25. The number of esters is 1. The Morgan fingerprint density at radius 3 is 2.39 bits per heavy atom. The van der Waals surface area contributed by atoms with Gasteiger partial charge < -0.3 is 10.5 Å². The molecule has 1 aliphatic rings. The molecule has 4 nitrogen and oxygen atoms in total. The highest BCUT2D eigenvalue weighted by molar-refractivity contribution is 5.97. The second kappa shape index (κ2) is 12.0. The SMILES string of the molecule is CCCCCC(=O)OCC(C)Cc1ccc(C(=O)C2CCC(CN)CC2)cc1. The molecule has 0 radical (unpaired) electrons. The van der Waals surface area contributed by atoms with Gasteiger partial charge in [-0.15, -0.1) is 0 Å². The Morgan fingerprint density at radius 1 is 1.11 bits per heavy atom.